The summed E-state index contributed by atoms with van der Waals surface area (Å²) in [7, 11) is -3.73. The molecule has 0 aliphatic rings. The summed E-state index contributed by atoms with van der Waals surface area (Å²) in [5, 5.41) is 0. The van der Waals surface area contributed by atoms with E-state index >= 15 is 0 Å². The lowest BCUT2D eigenvalue weighted by atomic mass is 10.2. The smallest absolute Gasteiger partial charge is 0.240 e. The van der Waals surface area contributed by atoms with E-state index in [0.29, 0.717) is 12.8 Å². The largest absolute Gasteiger partial charge is 0.370 e. The number of carbonyl (C=O) groups is 1. The number of primary amides is 1. The molecule has 106 valence electrons. The summed E-state index contributed by atoms with van der Waals surface area (Å²) in [6.07, 6.45) is 1.21. The first-order valence-electron chi connectivity index (χ1n) is 5.56. The van der Waals surface area contributed by atoms with Gasteiger partial charge in [0.25, 0.3) is 0 Å². The van der Waals surface area contributed by atoms with Crippen LogP contribution < -0.4 is 10.5 Å². The van der Waals surface area contributed by atoms with Crippen molar-refractivity contribution in [3.05, 3.63) is 28.5 Å². The van der Waals surface area contributed by atoms with Crippen LogP contribution in [0, 0.1) is 5.82 Å². The fourth-order valence-electron chi connectivity index (χ4n) is 1.36. The predicted octanol–water partition coefficient (Wildman–Crippen LogP) is 1.52. The highest BCUT2D eigenvalue weighted by Crippen LogP contribution is 2.19. The lowest BCUT2D eigenvalue weighted by Gasteiger charge is -2.07. The minimum atomic E-state index is -3.73. The average Bonchev–Trinajstić information content (AvgIpc) is 2.31. The van der Waals surface area contributed by atoms with Gasteiger partial charge >= 0.3 is 0 Å². The molecule has 0 fully saturated rings. The number of hydrogen-bond acceptors (Lipinski definition) is 3. The molecule has 0 saturated carbocycles. The third-order valence-corrected chi connectivity index (χ3v) is 4.45. The molecule has 19 heavy (non-hydrogen) atoms. The zero-order valence-corrected chi connectivity index (χ0v) is 12.4. The van der Waals surface area contributed by atoms with Crippen molar-refractivity contribution in [2.45, 2.75) is 24.2 Å². The first kappa shape index (κ1) is 16.1. The van der Waals surface area contributed by atoms with Crippen LogP contribution in [0.25, 0.3) is 0 Å². The highest BCUT2D eigenvalue weighted by Gasteiger charge is 2.15. The maximum atomic E-state index is 13.3. The molecular weight excluding hydrogens is 339 g/mol. The second-order valence-electron chi connectivity index (χ2n) is 3.90. The molecule has 8 heteroatoms. The van der Waals surface area contributed by atoms with Crippen LogP contribution in [-0.2, 0) is 14.8 Å². The van der Waals surface area contributed by atoms with Gasteiger partial charge in [-0.05, 0) is 47.0 Å². The molecule has 1 amide bonds. The van der Waals surface area contributed by atoms with Gasteiger partial charge in [-0.1, -0.05) is 0 Å². The van der Waals surface area contributed by atoms with Crippen molar-refractivity contribution in [3.63, 3.8) is 0 Å². The summed E-state index contributed by atoms with van der Waals surface area (Å²) >= 11 is 2.95. The number of amides is 1. The molecule has 0 spiro atoms. The van der Waals surface area contributed by atoms with Crippen LogP contribution >= 0.6 is 15.9 Å². The summed E-state index contributed by atoms with van der Waals surface area (Å²) in [5.41, 5.74) is 4.96. The molecule has 0 radical (unpaired) electrons. The van der Waals surface area contributed by atoms with Gasteiger partial charge in [0.05, 0.1) is 9.37 Å². The van der Waals surface area contributed by atoms with Crippen molar-refractivity contribution >= 4 is 31.9 Å². The van der Waals surface area contributed by atoms with Gasteiger partial charge in [-0.3, -0.25) is 4.79 Å². The van der Waals surface area contributed by atoms with E-state index in [0.717, 1.165) is 6.07 Å². The highest BCUT2D eigenvalue weighted by molar-refractivity contribution is 9.10. The standard InChI is InChI=1S/C11H14BrFN2O3S/c12-9-5-4-8(7-10(9)13)19(17,18)15-6-2-1-3-11(14)16/h4-5,7,15H,1-3,6H2,(H2,14,16). The SMILES string of the molecule is NC(=O)CCCCNS(=O)(=O)c1ccc(Br)c(F)c1. The van der Waals surface area contributed by atoms with E-state index in [2.05, 4.69) is 20.7 Å². The molecule has 3 N–H and O–H groups in total. The Balaban J connectivity index is 2.56. The summed E-state index contributed by atoms with van der Waals surface area (Å²) in [6.45, 7) is 0.174. The van der Waals surface area contributed by atoms with E-state index in [1.54, 1.807) is 0 Å². The molecule has 0 aliphatic carbocycles. The Labute approximate surface area is 119 Å². The molecule has 0 heterocycles. The predicted molar refractivity (Wildman–Crippen MR) is 72.3 cm³/mol. The molecule has 0 aromatic heterocycles. The number of nitrogens with one attached hydrogen (secondary N) is 1. The van der Waals surface area contributed by atoms with E-state index in [9.17, 15) is 17.6 Å². The Morgan fingerprint density at radius 1 is 1.37 bits per heavy atom. The second kappa shape index (κ2) is 6.97. The summed E-state index contributed by atoms with van der Waals surface area (Å²) < 4.78 is 39.4. The number of sulfonamides is 1. The van der Waals surface area contributed by atoms with Gasteiger partial charge in [0.15, 0.2) is 0 Å². The van der Waals surface area contributed by atoms with Gasteiger partial charge in [-0.2, -0.15) is 0 Å². The first-order valence-corrected chi connectivity index (χ1v) is 7.83. The fourth-order valence-corrected chi connectivity index (χ4v) is 2.69. The molecule has 1 aromatic rings. The number of carbonyl (C=O) groups excluding carboxylic acids is 1. The van der Waals surface area contributed by atoms with Gasteiger partial charge in [-0.25, -0.2) is 17.5 Å². The van der Waals surface area contributed by atoms with Crippen LogP contribution in [0.4, 0.5) is 4.39 Å². The van der Waals surface area contributed by atoms with Crippen LogP contribution in [0.5, 0.6) is 0 Å². The fraction of sp³-hybridized carbons (Fsp3) is 0.364. The number of unbranched alkanes of at least 4 members (excludes halogenated alkanes) is 1. The molecule has 5 nitrogen and oxygen atoms in total. The van der Waals surface area contributed by atoms with Crippen LogP contribution in [-0.4, -0.2) is 20.9 Å². The van der Waals surface area contributed by atoms with Gasteiger partial charge in [-0.15, -0.1) is 0 Å². The van der Waals surface area contributed by atoms with Crippen LogP contribution in [0.15, 0.2) is 27.6 Å². The number of halogens is 2. The van der Waals surface area contributed by atoms with Gasteiger partial charge < -0.3 is 5.73 Å². The van der Waals surface area contributed by atoms with E-state index in [-0.39, 0.29) is 22.3 Å². The highest BCUT2D eigenvalue weighted by atomic mass is 79.9. The Bertz CT molecular complexity index is 563. The molecule has 1 aromatic carbocycles. The van der Waals surface area contributed by atoms with Crippen LogP contribution in [0.3, 0.4) is 0 Å². The van der Waals surface area contributed by atoms with Gasteiger partial charge in [0, 0.05) is 13.0 Å². The lowest BCUT2D eigenvalue weighted by Crippen LogP contribution is -2.25. The van der Waals surface area contributed by atoms with Crippen molar-refractivity contribution in [2.75, 3.05) is 6.54 Å². The average molecular weight is 353 g/mol. The Kier molecular flexibility index (Phi) is 5.89. The van der Waals surface area contributed by atoms with Crippen molar-refractivity contribution in [2.24, 2.45) is 5.73 Å². The normalized spacial score (nSPS) is 11.5. The maximum Gasteiger partial charge on any atom is 0.240 e. The Hall–Kier alpha value is -0.990. The minimum Gasteiger partial charge on any atom is -0.370 e. The zero-order valence-electron chi connectivity index (χ0n) is 10.0. The van der Waals surface area contributed by atoms with Crippen molar-refractivity contribution in [1.82, 2.24) is 4.72 Å². The second-order valence-corrected chi connectivity index (χ2v) is 6.52. The summed E-state index contributed by atoms with van der Waals surface area (Å²) in [5.74, 6) is -1.06. The van der Waals surface area contributed by atoms with E-state index < -0.39 is 21.7 Å². The molecular formula is C11H14BrFN2O3S. The van der Waals surface area contributed by atoms with E-state index in [1.807, 2.05) is 0 Å². The van der Waals surface area contributed by atoms with Crippen LogP contribution in [0.2, 0.25) is 0 Å². The molecule has 1 rings (SSSR count). The van der Waals surface area contributed by atoms with Gasteiger partial charge in [0.2, 0.25) is 15.9 Å². The zero-order chi connectivity index (χ0) is 14.5. The number of benzene rings is 1. The van der Waals surface area contributed by atoms with Gasteiger partial charge in [0.1, 0.15) is 5.82 Å². The quantitative estimate of drug-likeness (QED) is 0.729. The first-order chi connectivity index (χ1) is 8.83. The van der Waals surface area contributed by atoms with Crippen molar-refractivity contribution in [3.8, 4) is 0 Å². The molecule has 0 saturated heterocycles. The number of rotatable bonds is 7. The van der Waals surface area contributed by atoms with Crippen LogP contribution in [0.1, 0.15) is 19.3 Å². The molecule has 0 bridgehead atoms. The maximum absolute atomic E-state index is 13.3. The third kappa shape index (κ3) is 5.25. The number of hydrogen-bond donors (Lipinski definition) is 2. The lowest BCUT2D eigenvalue weighted by molar-refractivity contribution is -0.118. The monoisotopic (exact) mass is 352 g/mol. The van der Waals surface area contributed by atoms with Crippen molar-refractivity contribution in [1.29, 1.82) is 0 Å². The minimum absolute atomic E-state index is 0.136. The van der Waals surface area contributed by atoms with E-state index in [4.69, 9.17) is 5.73 Å². The van der Waals surface area contributed by atoms with E-state index in [1.165, 1.54) is 12.1 Å². The Morgan fingerprint density at radius 2 is 2.05 bits per heavy atom. The topological polar surface area (TPSA) is 89.3 Å². The summed E-state index contributed by atoms with van der Waals surface area (Å²) in [4.78, 5) is 10.4. The molecule has 0 unspecified atom stereocenters. The molecule has 0 atom stereocenters. The van der Waals surface area contributed by atoms with Crippen molar-refractivity contribution < 1.29 is 17.6 Å². The summed E-state index contributed by atoms with van der Waals surface area (Å²) in [6, 6.07) is 3.58. The Morgan fingerprint density at radius 3 is 2.63 bits per heavy atom. The third-order valence-electron chi connectivity index (χ3n) is 2.34. The number of nitrogens with two attached hydrogens (primary N) is 1. The molecule has 0 aliphatic heterocycles.